The lowest BCUT2D eigenvalue weighted by atomic mass is 10.2. The van der Waals surface area contributed by atoms with Crippen molar-refractivity contribution in [1.29, 1.82) is 0 Å². The number of aromatic nitrogens is 1. The van der Waals surface area contributed by atoms with E-state index in [2.05, 4.69) is 14.8 Å². The molecule has 0 aromatic carbocycles. The molecule has 0 radical (unpaired) electrons. The van der Waals surface area contributed by atoms with Crippen LogP contribution in [0.25, 0.3) is 0 Å². The van der Waals surface area contributed by atoms with Crippen molar-refractivity contribution in [3.63, 3.8) is 0 Å². The summed E-state index contributed by atoms with van der Waals surface area (Å²) in [6, 6.07) is 3.87. The molecule has 2 N–H and O–H groups in total. The number of hydrogen-bond donors (Lipinski definition) is 1. The first-order valence-electron chi connectivity index (χ1n) is 6.37. The number of pyridine rings is 1. The van der Waals surface area contributed by atoms with E-state index in [0.717, 1.165) is 37.6 Å². The van der Waals surface area contributed by atoms with Crippen LogP contribution in [0, 0.1) is 6.92 Å². The second kappa shape index (κ2) is 5.88. The Morgan fingerprint density at radius 1 is 1.37 bits per heavy atom. The van der Waals surface area contributed by atoms with E-state index in [-0.39, 0.29) is 5.91 Å². The molecular weight excluding hydrogens is 244 g/mol. The molecule has 2 rings (SSSR count). The van der Waals surface area contributed by atoms with Crippen LogP contribution in [0.4, 0.5) is 5.82 Å². The van der Waals surface area contributed by atoms with E-state index in [1.165, 1.54) is 0 Å². The number of carbonyl (C=O) groups is 1. The molecule has 2 heterocycles. The molecule has 0 atom stereocenters. The van der Waals surface area contributed by atoms with Gasteiger partial charge in [0.2, 0.25) is 11.8 Å². The summed E-state index contributed by atoms with van der Waals surface area (Å²) in [7, 11) is 1.62. The van der Waals surface area contributed by atoms with E-state index >= 15 is 0 Å². The predicted octanol–water partition coefficient (Wildman–Crippen LogP) is 0.00592. The van der Waals surface area contributed by atoms with Gasteiger partial charge < -0.3 is 15.4 Å². The number of ether oxygens (including phenoxy) is 1. The smallest absolute Gasteiger partial charge is 0.231 e. The first kappa shape index (κ1) is 13.6. The molecular formula is C13H20N4O2. The third kappa shape index (κ3) is 3.35. The fraction of sp³-hybridized carbons (Fsp3) is 0.538. The van der Waals surface area contributed by atoms with E-state index in [1.807, 2.05) is 19.1 Å². The minimum Gasteiger partial charge on any atom is -0.481 e. The van der Waals surface area contributed by atoms with Crippen molar-refractivity contribution < 1.29 is 9.53 Å². The maximum atomic E-state index is 10.9. The van der Waals surface area contributed by atoms with Crippen molar-refractivity contribution >= 4 is 11.7 Å². The number of nitrogens with zero attached hydrogens (tertiary/aromatic N) is 3. The van der Waals surface area contributed by atoms with E-state index in [0.29, 0.717) is 12.4 Å². The number of nitrogens with two attached hydrogens (primary N) is 1. The fourth-order valence-corrected chi connectivity index (χ4v) is 2.27. The van der Waals surface area contributed by atoms with Crippen LogP contribution in [0.1, 0.15) is 5.56 Å². The Labute approximate surface area is 113 Å². The summed E-state index contributed by atoms with van der Waals surface area (Å²) in [5.41, 5.74) is 6.34. The van der Waals surface area contributed by atoms with Crippen LogP contribution >= 0.6 is 0 Å². The van der Waals surface area contributed by atoms with Crippen molar-refractivity contribution in [1.82, 2.24) is 9.88 Å². The van der Waals surface area contributed by atoms with Crippen LogP contribution < -0.4 is 15.4 Å². The molecule has 0 bridgehead atoms. The number of methoxy groups -OCH3 is 1. The summed E-state index contributed by atoms with van der Waals surface area (Å²) >= 11 is 0. The highest BCUT2D eigenvalue weighted by Gasteiger charge is 2.20. The number of primary amides is 1. The third-order valence-corrected chi connectivity index (χ3v) is 3.31. The summed E-state index contributed by atoms with van der Waals surface area (Å²) in [5, 5.41) is 0. The minimum absolute atomic E-state index is 0.274. The zero-order valence-electron chi connectivity index (χ0n) is 11.4. The Balaban J connectivity index is 2.03. The van der Waals surface area contributed by atoms with Gasteiger partial charge in [-0.05, 0) is 12.5 Å². The van der Waals surface area contributed by atoms with Gasteiger partial charge in [-0.3, -0.25) is 9.69 Å². The van der Waals surface area contributed by atoms with Crippen molar-refractivity contribution in [3.8, 4) is 5.88 Å². The molecule has 1 aromatic heterocycles. The van der Waals surface area contributed by atoms with E-state index in [4.69, 9.17) is 10.5 Å². The van der Waals surface area contributed by atoms with Gasteiger partial charge in [-0.1, -0.05) is 6.07 Å². The van der Waals surface area contributed by atoms with Crippen LogP contribution in [0.3, 0.4) is 0 Å². The average molecular weight is 264 g/mol. The molecule has 104 valence electrons. The van der Waals surface area contributed by atoms with E-state index in [9.17, 15) is 4.79 Å². The van der Waals surface area contributed by atoms with Crippen LogP contribution in [0.5, 0.6) is 5.88 Å². The molecule has 6 heteroatoms. The Bertz CT molecular complexity index is 456. The number of carbonyl (C=O) groups excluding carboxylic acids is 1. The molecule has 6 nitrogen and oxygen atoms in total. The Morgan fingerprint density at radius 2 is 2.05 bits per heavy atom. The van der Waals surface area contributed by atoms with Gasteiger partial charge in [-0.2, -0.15) is 4.98 Å². The molecule has 0 spiro atoms. The van der Waals surface area contributed by atoms with Gasteiger partial charge in [0.25, 0.3) is 0 Å². The zero-order valence-corrected chi connectivity index (χ0v) is 11.4. The fourth-order valence-electron chi connectivity index (χ4n) is 2.27. The van der Waals surface area contributed by atoms with Crippen LogP contribution in [0.15, 0.2) is 12.1 Å². The number of piperazine rings is 1. The van der Waals surface area contributed by atoms with Crippen molar-refractivity contribution in [2.24, 2.45) is 5.73 Å². The lowest BCUT2D eigenvalue weighted by Gasteiger charge is -2.35. The number of amides is 1. The molecule has 19 heavy (non-hydrogen) atoms. The molecule has 0 aliphatic carbocycles. The van der Waals surface area contributed by atoms with Crippen LogP contribution in [-0.4, -0.2) is 55.6 Å². The molecule has 1 aliphatic rings. The van der Waals surface area contributed by atoms with E-state index in [1.54, 1.807) is 7.11 Å². The monoisotopic (exact) mass is 264 g/mol. The summed E-state index contributed by atoms with van der Waals surface area (Å²) in [5.74, 6) is 1.31. The predicted molar refractivity (Wildman–Crippen MR) is 73.4 cm³/mol. The van der Waals surface area contributed by atoms with Gasteiger partial charge in [0.15, 0.2) is 0 Å². The maximum Gasteiger partial charge on any atom is 0.231 e. The van der Waals surface area contributed by atoms with Gasteiger partial charge in [0, 0.05) is 32.2 Å². The summed E-state index contributed by atoms with van der Waals surface area (Å²) in [6.45, 7) is 5.70. The highest BCUT2D eigenvalue weighted by atomic mass is 16.5. The lowest BCUT2D eigenvalue weighted by molar-refractivity contribution is -0.119. The average Bonchev–Trinajstić information content (AvgIpc) is 2.40. The van der Waals surface area contributed by atoms with Gasteiger partial charge in [0.05, 0.1) is 13.7 Å². The van der Waals surface area contributed by atoms with Gasteiger partial charge in [-0.25, -0.2) is 0 Å². The maximum absolute atomic E-state index is 10.9. The third-order valence-electron chi connectivity index (χ3n) is 3.31. The summed E-state index contributed by atoms with van der Waals surface area (Å²) in [4.78, 5) is 19.7. The SMILES string of the molecule is COc1ccc(C)c(N2CCN(CC(N)=O)CC2)n1. The normalized spacial score (nSPS) is 16.4. The molecule has 0 unspecified atom stereocenters. The summed E-state index contributed by atoms with van der Waals surface area (Å²) in [6.07, 6.45) is 0. The largest absolute Gasteiger partial charge is 0.481 e. The number of aryl methyl sites for hydroxylation is 1. The second-order valence-electron chi connectivity index (χ2n) is 4.72. The van der Waals surface area contributed by atoms with Gasteiger partial charge in [0.1, 0.15) is 5.82 Å². The molecule has 1 aliphatic heterocycles. The first-order chi connectivity index (χ1) is 9.10. The molecule has 1 fully saturated rings. The quantitative estimate of drug-likeness (QED) is 0.829. The lowest BCUT2D eigenvalue weighted by Crippen LogP contribution is -2.49. The zero-order chi connectivity index (χ0) is 13.8. The second-order valence-corrected chi connectivity index (χ2v) is 4.72. The number of hydrogen-bond acceptors (Lipinski definition) is 5. The Kier molecular flexibility index (Phi) is 4.21. The highest BCUT2D eigenvalue weighted by Crippen LogP contribution is 2.22. The van der Waals surface area contributed by atoms with Crippen molar-refractivity contribution in [2.45, 2.75) is 6.92 Å². The minimum atomic E-state index is -0.274. The first-order valence-corrected chi connectivity index (χ1v) is 6.37. The van der Waals surface area contributed by atoms with E-state index < -0.39 is 0 Å². The van der Waals surface area contributed by atoms with Crippen molar-refractivity contribution in [2.75, 3.05) is 44.7 Å². The molecule has 0 saturated carbocycles. The topological polar surface area (TPSA) is 71.7 Å². The Hall–Kier alpha value is -1.82. The molecule has 1 saturated heterocycles. The molecule has 1 amide bonds. The number of rotatable bonds is 4. The van der Waals surface area contributed by atoms with Crippen LogP contribution in [0.2, 0.25) is 0 Å². The summed E-state index contributed by atoms with van der Waals surface area (Å²) < 4.78 is 5.17. The number of anilines is 1. The highest BCUT2D eigenvalue weighted by molar-refractivity contribution is 5.75. The molecule has 1 aromatic rings. The van der Waals surface area contributed by atoms with Gasteiger partial charge in [-0.15, -0.1) is 0 Å². The van der Waals surface area contributed by atoms with Crippen molar-refractivity contribution in [3.05, 3.63) is 17.7 Å². The van der Waals surface area contributed by atoms with Gasteiger partial charge >= 0.3 is 0 Å². The van der Waals surface area contributed by atoms with Crippen LogP contribution in [-0.2, 0) is 4.79 Å². The standard InChI is InChI=1S/C13H20N4O2/c1-10-3-4-12(19-2)15-13(10)17-7-5-16(6-8-17)9-11(14)18/h3-4H,5-9H2,1-2H3,(H2,14,18). The Morgan fingerprint density at radius 3 is 2.63 bits per heavy atom.